The van der Waals surface area contributed by atoms with E-state index in [9.17, 15) is 4.79 Å². The van der Waals surface area contributed by atoms with E-state index < -0.39 is 0 Å². The third-order valence-electron chi connectivity index (χ3n) is 4.72. The number of ether oxygens (including phenoxy) is 1. The van der Waals surface area contributed by atoms with E-state index in [0.717, 1.165) is 29.1 Å². The smallest absolute Gasteiger partial charge is 0.269 e. The van der Waals surface area contributed by atoms with Gasteiger partial charge in [-0.2, -0.15) is 0 Å². The van der Waals surface area contributed by atoms with Crippen molar-refractivity contribution >= 4 is 17.3 Å². The fourth-order valence-corrected chi connectivity index (χ4v) is 2.92. The third kappa shape index (κ3) is 5.82. The minimum atomic E-state index is -0.175. The Labute approximate surface area is 172 Å². The molecule has 5 nitrogen and oxygen atoms in total. The molecule has 0 atom stereocenters. The van der Waals surface area contributed by atoms with Crippen LogP contribution in [0.15, 0.2) is 66.9 Å². The van der Waals surface area contributed by atoms with E-state index in [2.05, 4.69) is 53.7 Å². The highest BCUT2D eigenvalue weighted by atomic mass is 16.5. The summed E-state index contributed by atoms with van der Waals surface area (Å²) in [6.45, 7) is 4.90. The molecule has 0 radical (unpaired) electrons. The van der Waals surface area contributed by atoms with Gasteiger partial charge in [0.1, 0.15) is 11.4 Å². The number of hydrogen-bond donors (Lipinski definition) is 2. The van der Waals surface area contributed by atoms with E-state index in [-0.39, 0.29) is 5.91 Å². The van der Waals surface area contributed by atoms with Crippen LogP contribution in [0.1, 0.15) is 41.4 Å². The zero-order valence-corrected chi connectivity index (χ0v) is 17.1. The number of pyridine rings is 1. The number of nitrogens with zero attached hydrogens (tertiary/aromatic N) is 1. The second-order valence-corrected chi connectivity index (χ2v) is 7.19. The van der Waals surface area contributed by atoms with Gasteiger partial charge in [-0.25, -0.2) is 4.98 Å². The second kappa shape index (κ2) is 9.73. The molecule has 0 saturated heterocycles. The third-order valence-corrected chi connectivity index (χ3v) is 4.72. The number of amides is 1. The van der Waals surface area contributed by atoms with Crippen molar-refractivity contribution in [3.05, 3.63) is 83.7 Å². The summed E-state index contributed by atoms with van der Waals surface area (Å²) in [5.74, 6) is 1.16. The molecular weight excluding hydrogens is 362 g/mol. The number of rotatable bonds is 8. The molecule has 0 aliphatic carbocycles. The van der Waals surface area contributed by atoms with Crippen molar-refractivity contribution in [2.45, 2.75) is 26.2 Å². The van der Waals surface area contributed by atoms with Crippen LogP contribution in [-0.4, -0.2) is 24.5 Å². The standard InChI is InChI=1S/C24H27N3O2/c1-17(2)19-6-8-20(9-7-19)27-21-10-13-23(26-16-21)24(28)25-15-14-18-4-11-22(29-3)12-5-18/h4-13,16-17,27H,14-15H2,1-3H3,(H,25,28). The Morgan fingerprint density at radius 2 is 1.66 bits per heavy atom. The van der Waals surface area contributed by atoms with E-state index in [1.165, 1.54) is 5.56 Å². The lowest BCUT2D eigenvalue weighted by Gasteiger charge is -2.10. The van der Waals surface area contributed by atoms with Gasteiger partial charge in [0.25, 0.3) is 5.91 Å². The van der Waals surface area contributed by atoms with E-state index >= 15 is 0 Å². The van der Waals surface area contributed by atoms with Crippen molar-refractivity contribution in [2.75, 3.05) is 19.0 Å². The summed E-state index contributed by atoms with van der Waals surface area (Å²) in [6.07, 6.45) is 2.43. The normalized spacial score (nSPS) is 10.6. The van der Waals surface area contributed by atoms with Crippen LogP contribution in [0.5, 0.6) is 5.75 Å². The SMILES string of the molecule is COc1ccc(CCNC(=O)c2ccc(Nc3ccc(C(C)C)cc3)cn2)cc1. The van der Waals surface area contributed by atoms with Crippen molar-refractivity contribution in [1.29, 1.82) is 0 Å². The molecular formula is C24H27N3O2. The maximum absolute atomic E-state index is 12.3. The topological polar surface area (TPSA) is 63.2 Å². The fourth-order valence-electron chi connectivity index (χ4n) is 2.92. The van der Waals surface area contributed by atoms with Crippen LogP contribution in [-0.2, 0) is 6.42 Å². The van der Waals surface area contributed by atoms with Crippen LogP contribution in [0.3, 0.4) is 0 Å². The lowest BCUT2D eigenvalue weighted by Crippen LogP contribution is -2.26. The Morgan fingerprint density at radius 3 is 2.24 bits per heavy atom. The molecule has 1 aromatic heterocycles. The molecule has 0 unspecified atom stereocenters. The van der Waals surface area contributed by atoms with Crippen molar-refractivity contribution in [2.24, 2.45) is 0 Å². The molecule has 1 amide bonds. The summed E-state index contributed by atoms with van der Waals surface area (Å²) in [7, 11) is 1.64. The lowest BCUT2D eigenvalue weighted by molar-refractivity contribution is 0.0949. The van der Waals surface area contributed by atoms with Gasteiger partial charge in [0.15, 0.2) is 0 Å². The van der Waals surface area contributed by atoms with Crippen molar-refractivity contribution in [3.63, 3.8) is 0 Å². The summed E-state index contributed by atoms with van der Waals surface area (Å²) in [4.78, 5) is 16.6. The van der Waals surface area contributed by atoms with Gasteiger partial charge in [0.2, 0.25) is 0 Å². The Bertz CT molecular complexity index is 918. The number of carbonyl (C=O) groups is 1. The summed E-state index contributed by atoms with van der Waals surface area (Å²) in [5.41, 5.74) is 4.68. The van der Waals surface area contributed by atoms with Crippen LogP contribution in [0.25, 0.3) is 0 Å². The van der Waals surface area contributed by atoms with Crippen LogP contribution >= 0.6 is 0 Å². The maximum atomic E-state index is 12.3. The molecule has 0 bridgehead atoms. The Kier molecular flexibility index (Phi) is 6.85. The lowest BCUT2D eigenvalue weighted by atomic mass is 10.0. The first-order valence-corrected chi connectivity index (χ1v) is 9.79. The first-order chi connectivity index (χ1) is 14.0. The maximum Gasteiger partial charge on any atom is 0.269 e. The average molecular weight is 389 g/mol. The zero-order valence-electron chi connectivity index (χ0n) is 17.1. The second-order valence-electron chi connectivity index (χ2n) is 7.19. The van der Waals surface area contributed by atoms with Gasteiger partial charge >= 0.3 is 0 Å². The number of aromatic nitrogens is 1. The Hall–Kier alpha value is -3.34. The molecule has 0 spiro atoms. The van der Waals surface area contributed by atoms with E-state index in [1.807, 2.05) is 30.3 Å². The van der Waals surface area contributed by atoms with Crippen molar-refractivity contribution in [3.8, 4) is 5.75 Å². The van der Waals surface area contributed by atoms with Crippen LogP contribution in [0.2, 0.25) is 0 Å². The summed E-state index contributed by atoms with van der Waals surface area (Å²) in [5, 5.41) is 6.21. The van der Waals surface area contributed by atoms with Gasteiger partial charge in [-0.1, -0.05) is 38.1 Å². The van der Waals surface area contributed by atoms with Crippen LogP contribution < -0.4 is 15.4 Å². The quantitative estimate of drug-likeness (QED) is 0.573. The first-order valence-electron chi connectivity index (χ1n) is 9.79. The van der Waals surface area contributed by atoms with Gasteiger partial charge in [-0.15, -0.1) is 0 Å². The predicted molar refractivity (Wildman–Crippen MR) is 117 cm³/mol. The molecule has 0 fully saturated rings. The van der Waals surface area contributed by atoms with Crippen LogP contribution in [0, 0.1) is 0 Å². The molecule has 5 heteroatoms. The van der Waals surface area contributed by atoms with E-state index in [0.29, 0.717) is 18.2 Å². The number of hydrogen-bond acceptors (Lipinski definition) is 4. The van der Waals surface area contributed by atoms with Gasteiger partial charge in [0, 0.05) is 12.2 Å². The number of anilines is 2. The van der Waals surface area contributed by atoms with Crippen molar-refractivity contribution in [1.82, 2.24) is 10.3 Å². The van der Waals surface area contributed by atoms with E-state index in [4.69, 9.17) is 4.74 Å². The molecule has 0 aliphatic rings. The summed E-state index contributed by atoms with van der Waals surface area (Å²) >= 11 is 0. The van der Waals surface area contributed by atoms with E-state index in [1.54, 1.807) is 19.4 Å². The highest BCUT2D eigenvalue weighted by Crippen LogP contribution is 2.20. The van der Waals surface area contributed by atoms with Gasteiger partial charge in [0.05, 0.1) is 19.0 Å². The predicted octanol–water partition coefficient (Wildman–Crippen LogP) is 4.93. The van der Waals surface area contributed by atoms with Crippen molar-refractivity contribution < 1.29 is 9.53 Å². The Balaban J connectivity index is 1.50. The minimum Gasteiger partial charge on any atom is -0.497 e. The van der Waals surface area contributed by atoms with Gasteiger partial charge < -0.3 is 15.4 Å². The number of nitrogens with one attached hydrogen (secondary N) is 2. The molecule has 1 heterocycles. The van der Waals surface area contributed by atoms with Gasteiger partial charge in [-0.05, 0) is 59.9 Å². The molecule has 3 aromatic rings. The monoisotopic (exact) mass is 389 g/mol. The first kappa shape index (κ1) is 20.4. The molecule has 2 N–H and O–H groups in total. The molecule has 2 aromatic carbocycles. The summed E-state index contributed by atoms with van der Waals surface area (Å²) < 4.78 is 5.15. The fraction of sp³-hybridized carbons (Fsp3) is 0.250. The molecule has 29 heavy (non-hydrogen) atoms. The number of benzene rings is 2. The Morgan fingerprint density at radius 1 is 0.966 bits per heavy atom. The largest absolute Gasteiger partial charge is 0.497 e. The highest BCUT2D eigenvalue weighted by molar-refractivity contribution is 5.92. The molecule has 0 saturated carbocycles. The molecule has 150 valence electrons. The zero-order chi connectivity index (χ0) is 20.6. The minimum absolute atomic E-state index is 0.175. The summed E-state index contributed by atoms with van der Waals surface area (Å²) in [6, 6.07) is 19.8. The van der Waals surface area contributed by atoms with Gasteiger partial charge in [-0.3, -0.25) is 4.79 Å². The van der Waals surface area contributed by atoms with Crippen LogP contribution in [0.4, 0.5) is 11.4 Å². The average Bonchev–Trinajstić information content (AvgIpc) is 2.75. The molecule has 0 aliphatic heterocycles. The highest BCUT2D eigenvalue weighted by Gasteiger charge is 2.07. The number of methoxy groups -OCH3 is 1. The number of carbonyl (C=O) groups excluding carboxylic acids is 1. The molecule has 3 rings (SSSR count).